The quantitative estimate of drug-likeness (QED) is 0.832. The highest BCUT2D eigenvalue weighted by Crippen LogP contribution is 2.26. The fourth-order valence-electron chi connectivity index (χ4n) is 1.49. The largest absolute Gasteiger partial charge is 0.414 e. The van der Waals surface area contributed by atoms with Crippen molar-refractivity contribution < 1.29 is 22.8 Å². The Labute approximate surface area is 101 Å². The highest BCUT2D eigenvalue weighted by Gasteiger charge is 2.34. The first-order valence-electron chi connectivity index (χ1n) is 5.03. The van der Waals surface area contributed by atoms with E-state index in [0.717, 1.165) is 5.17 Å². The van der Waals surface area contributed by atoms with Crippen LogP contribution in [0.5, 0.6) is 0 Å². The molecule has 1 N–H and O–H groups in total. The number of Topliss-reactive ketones (excluding diaryl/α,β-unsaturated/α-hetero) is 1. The summed E-state index contributed by atoms with van der Waals surface area (Å²) in [7, 11) is 0. The first-order valence-corrected chi connectivity index (χ1v) is 5.03. The van der Waals surface area contributed by atoms with E-state index in [1.54, 1.807) is 6.08 Å². The highest BCUT2D eigenvalue weighted by molar-refractivity contribution is 5.93. The van der Waals surface area contributed by atoms with E-state index < -0.39 is 12.8 Å². The first-order chi connectivity index (χ1) is 8.38. The number of halogens is 3. The third-order valence-corrected chi connectivity index (χ3v) is 2.20. The van der Waals surface area contributed by atoms with Crippen molar-refractivity contribution in [3.05, 3.63) is 36.1 Å². The topological polar surface area (TPSA) is 44.8 Å². The van der Waals surface area contributed by atoms with Crippen molar-refractivity contribution in [1.82, 2.24) is 15.5 Å². The van der Waals surface area contributed by atoms with Crippen molar-refractivity contribution in [2.75, 3.05) is 6.61 Å². The molecular weight excluding hydrogens is 251 g/mol. The van der Waals surface area contributed by atoms with Crippen molar-refractivity contribution in [3.63, 3.8) is 0 Å². The zero-order chi connectivity index (χ0) is 13.3. The molecule has 98 valence electrons. The summed E-state index contributed by atoms with van der Waals surface area (Å²) in [5.41, 5.74) is 0.202. The Morgan fingerprint density at radius 1 is 1.50 bits per heavy atom. The van der Waals surface area contributed by atoms with Crippen LogP contribution in [0.4, 0.5) is 13.2 Å². The lowest BCUT2D eigenvalue weighted by atomic mass is 10.3. The smallest absolute Gasteiger partial charge is 0.344 e. The molecule has 0 aliphatic carbocycles. The number of alkyl halides is 3. The van der Waals surface area contributed by atoms with Gasteiger partial charge in [0.2, 0.25) is 0 Å². The molecule has 0 amide bonds. The van der Waals surface area contributed by atoms with Crippen LogP contribution in [0.25, 0.3) is 0 Å². The Morgan fingerprint density at radius 3 is 2.83 bits per heavy atom. The van der Waals surface area contributed by atoms with Gasteiger partial charge in [-0.25, -0.2) is 9.85 Å². The molecule has 8 heteroatoms. The molecule has 0 bridgehead atoms. The summed E-state index contributed by atoms with van der Waals surface area (Å²) in [6, 6.07) is 0. The van der Waals surface area contributed by atoms with Crippen LogP contribution in [0.15, 0.2) is 36.1 Å². The minimum absolute atomic E-state index is 0.202. The molecule has 0 aromatic heterocycles. The summed E-state index contributed by atoms with van der Waals surface area (Å²) >= 11 is 0. The second-order valence-electron chi connectivity index (χ2n) is 3.63. The molecule has 2 aliphatic rings. The van der Waals surface area contributed by atoms with E-state index in [9.17, 15) is 18.0 Å². The van der Waals surface area contributed by atoms with E-state index in [2.05, 4.69) is 10.2 Å². The molecule has 18 heavy (non-hydrogen) atoms. The van der Waals surface area contributed by atoms with Gasteiger partial charge in [-0.05, 0) is 12.2 Å². The van der Waals surface area contributed by atoms with Crippen LogP contribution in [0.1, 0.15) is 6.92 Å². The number of ketones is 1. The fourth-order valence-corrected chi connectivity index (χ4v) is 1.49. The van der Waals surface area contributed by atoms with Crippen LogP contribution in [-0.2, 0) is 9.63 Å². The zero-order valence-corrected chi connectivity index (χ0v) is 9.36. The summed E-state index contributed by atoms with van der Waals surface area (Å²) in [5, 5.41) is 4.87. The highest BCUT2D eigenvalue weighted by atomic mass is 19.4. The third kappa shape index (κ3) is 2.48. The third-order valence-electron chi connectivity index (χ3n) is 2.20. The normalized spacial score (nSPS) is 18.2. The molecule has 5 nitrogen and oxygen atoms in total. The summed E-state index contributed by atoms with van der Waals surface area (Å²) in [5.74, 6) is 0.159. The number of carbonyl (C=O) groups is 1. The molecule has 0 fully saturated rings. The van der Waals surface area contributed by atoms with Gasteiger partial charge in [-0.1, -0.05) is 0 Å². The molecule has 0 saturated carbocycles. The second-order valence-corrected chi connectivity index (χ2v) is 3.63. The predicted octanol–water partition coefficient (Wildman–Crippen LogP) is 1.40. The number of allylic oxidation sites excluding steroid dienone is 3. The number of hydroxylamine groups is 1. The average molecular weight is 261 g/mol. The van der Waals surface area contributed by atoms with Gasteiger partial charge in [-0.15, -0.1) is 0 Å². The number of nitrogens with one attached hydrogen (secondary N) is 1. The lowest BCUT2D eigenvalue weighted by molar-refractivity contribution is -0.284. The minimum Gasteiger partial charge on any atom is -0.344 e. The van der Waals surface area contributed by atoms with Gasteiger partial charge in [-0.3, -0.25) is 4.79 Å². The Balaban J connectivity index is 2.12. The van der Waals surface area contributed by atoms with E-state index in [1.165, 1.54) is 30.4 Å². The SMILES string of the molecule is CC(=O)C1=CNC2=CC=CN(OCC(F)(F)F)N21. The van der Waals surface area contributed by atoms with Gasteiger partial charge in [0.1, 0.15) is 11.5 Å². The van der Waals surface area contributed by atoms with E-state index in [0.29, 0.717) is 5.82 Å². The summed E-state index contributed by atoms with van der Waals surface area (Å²) < 4.78 is 36.3. The molecular formula is C10H10F3N3O2. The number of fused-ring (bicyclic) bond motifs is 1. The van der Waals surface area contributed by atoms with Crippen molar-refractivity contribution in [2.45, 2.75) is 13.1 Å². The molecule has 0 saturated heterocycles. The molecule has 0 radical (unpaired) electrons. The van der Waals surface area contributed by atoms with Crippen molar-refractivity contribution in [2.24, 2.45) is 0 Å². The Morgan fingerprint density at radius 2 is 2.22 bits per heavy atom. The number of nitrogens with zero attached hydrogens (tertiary/aromatic N) is 2. The maximum atomic E-state index is 12.1. The zero-order valence-electron chi connectivity index (χ0n) is 9.36. The Bertz CT molecular complexity index is 454. The van der Waals surface area contributed by atoms with Crippen molar-refractivity contribution in [3.8, 4) is 0 Å². The van der Waals surface area contributed by atoms with Gasteiger partial charge in [0.15, 0.2) is 12.4 Å². The molecule has 0 unspecified atom stereocenters. The Kier molecular flexibility index (Phi) is 3.04. The van der Waals surface area contributed by atoms with Crippen LogP contribution >= 0.6 is 0 Å². The van der Waals surface area contributed by atoms with Gasteiger partial charge >= 0.3 is 6.18 Å². The van der Waals surface area contributed by atoms with Crippen LogP contribution in [0.3, 0.4) is 0 Å². The number of carbonyl (C=O) groups excluding carboxylic acids is 1. The standard InChI is InChI=1S/C10H10F3N3O2/c1-7(17)8-5-14-9-3-2-4-15(16(8)9)18-6-10(11,12)13/h2-5,14H,6H2,1H3. The Hall–Kier alpha value is -1.96. The van der Waals surface area contributed by atoms with E-state index in [4.69, 9.17) is 0 Å². The molecule has 0 aromatic carbocycles. The van der Waals surface area contributed by atoms with Crippen LogP contribution in [0.2, 0.25) is 0 Å². The first kappa shape index (κ1) is 12.5. The monoisotopic (exact) mass is 261 g/mol. The van der Waals surface area contributed by atoms with Crippen molar-refractivity contribution >= 4 is 5.78 Å². The predicted molar refractivity (Wildman–Crippen MR) is 54.8 cm³/mol. The van der Waals surface area contributed by atoms with Gasteiger partial charge in [-0.2, -0.15) is 18.3 Å². The van der Waals surface area contributed by atoms with Gasteiger partial charge in [0.25, 0.3) is 0 Å². The van der Waals surface area contributed by atoms with E-state index in [-0.39, 0.29) is 11.5 Å². The molecule has 2 rings (SSSR count). The maximum Gasteiger partial charge on any atom is 0.414 e. The minimum atomic E-state index is -4.44. The summed E-state index contributed by atoms with van der Waals surface area (Å²) in [6.45, 7) is -0.122. The molecule has 0 spiro atoms. The molecule has 2 heterocycles. The average Bonchev–Trinajstić information content (AvgIpc) is 2.69. The molecule has 2 aliphatic heterocycles. The fraction of sp³-hybridized carbons (Fsp3) is 0.300. The van der Waals surface area contributed by atoms with Gasteiger partial charge in [0.05, 0.1) is 6.20 Å². The maximum absolute atomic E-state index is 12.1. The summed E-state index contributed by atoms with van der Waals surface area (Å²) in [4.78, 5) is 16.0. The lowest BCUT2D eigenvalue weighted by Crippen LogP contribution is -2.41. The van der Waals surface area contributed by atoms with E-state index in [1.807, 2.05) is 0 Å². The second kappa shape index (κ2) is 4.37. The van der Waals surface area contributed by atoms with Crippen molar-refractivity contribution in [1.29, 1.82) is 0 Å². The number of hydrazine groups is 1. The lowest BCUT2D eigenvalue weighted by Gasteiger charge is -2.34. The summed E-state index contributed by atoms with van der Waals surface area (Å²) in [6.07, 6.45) is 1.37. The molecule has 0 aromatic rings. The number of rotatable bonds is 3. The van der Waals surface area contributed by atoms with Gasteiger partial charge in [0, 0.05) is 13.1 Å². The van der Waals surface area contributed by atoms with Crippen LogP contribution < -0.4 is 5.32 Å². The molecule has 0 atom stereocenters. The van der Waals surface area contributed by atoms with Crippen LogP contribution in [0, 0.1) is 0 Å². The van der Waals surface area contributed by atoms with E-state index >= 15 is 0 Å². The number of hydrogen-bond acceptors (Lipinski definition) is 5. The van der Waals surface area contributed by atoms with Crippen LogP contribution in [-0.4, -0.2) is 28.7 Å². The number of hydrogen-bond donors (Lipinski definition) is 1. The van der Waals surface area contributed by atoms with Gasteiger partial charge < -0.3 is 5.32 Å².